The number of carbonyl (C=O) groups excluding carboxylic acids is 1. The molecule has 1 amide bonds. The Morgan fingerprint density at radius 2 is 2.17 bits per heavy atom. The number of nitrogens with zero attached hydrogens (tertiary/aromatic N) is 3. The lowest BCUT2D eigenvalue weighted by atomic mass is 9.84. The zero-order valence-corrected chi connectivity index (χ0v) is 13.0. The van der Waals surface area contributed by atoms with E-state index in [1.165, 1.54) is 13.1 Å². The van der Waals surface area contributed by atoms with Crippen molar-refractivity contribution < 1.29 is 13.6 Å². The van der Waals surface area contributed by atoms with Gasteiger partial charge in [-0.25, -0.2) is 8.78 Å². The summed E-state index contributed by atoms with van der Waals surface area (Å²) in [5, 5.41) is 9.02. The second-order valence-corrected chi connectivity index (χ2v) is 6.69. The number of aromatic nitrogens is 1. The Balaban J connectivity index is 1.98. The van der Waals surface area contributed by atoms with Gasteiger partial charge in [-0.2, -0.15) is 5.26 Å². The van der Waals surface area contributed by atoms with E-state index in [-0.39, 0.29) is 18.5 Å². The van der Waals surface area contributed by atoms with Crippen LogP contribution >= 0.6 is 0 Å². The molecule has 2 fully saturated rings. The third-order valence-corrected chi connectivity index (χ3v) is 5.21. The van der Waals surface area contributed by atoms with Gasteiger partial charge in [-0.1, -0.05) is 6.42 Å². The van der Waals surface area contributed by atoms with Crippen molar-refractivity contribution in [3.05, 3.63) is 29.6 Å². The van der Waals surface area contributed by atoms with Crippen molar-refractivity contribution in [2.24, 2.45) is 5.41 Å². The first-order valence-electron chi connectivity index (χ1n) is 7.93. The minimum Gasteiger partial charge on any atom is -0.332 e. The van der Waals surface area contributed by atoms with Crippen LogP contribution in [0.5, 0.6) is 0 Å². The van der Waals surface area contributed by atoms with Gasteiger partial charge in [-0.3, -0.25) is 9.78 Å². The summed E-state index contributed by atoms with van der Waals surface area (Å²) < 4.78 is 27.1. The van der Waals surface area contributed by atoms with Crippen molar-refractivity contribution in [3.63, 3.8) is 0 Å². The van der Waals surface area contributed by atoms with Crippen LogP contribution in [0.3, 0.4) is 0 Å². The Bertz CT molecular complexity index is 657. The van der Waals surface area contributed by atoms with Gasteiger partial charge in [-0.15, -0.1) is 0 Å². The lowest BCUT2D eigenvalue weighted by molar-refractivity contribution is -0.152. The van der Waals surface area contributed by atoms with Gasteiger partial charge in [-0.05, 0) is 44.2 Å². The molecular weight excluding hydrogens is 300 g/mol. The van der Waals surface area contributed by atoms with E-state index in [1.807, 2.05) is 6.07 Å². The molecule has 0 radical (unpaired) electrons. The fraction of sp³-hybridized carbons (Fsp3) is 0.588. The maximum Gasteiger partial charge on any atom is 0.252 e. The van der Waals surface area contributed by atoms with Crippen LogP contribution in [-0.4, -0.2) is 28.3 Å². The first-order valence-corrected chi connectivity index (χ1v) is 7.93. The minimum atomic E-state index is -2.67. The summed E-state index contributed by atoms with van der Waals surface area (Å²) >= 11 is 0. The molecule has 3 heterocycles. The molecule has 0 spiro atoms. The highest BCUT2D eigenvalue weighted by Crippen LogP contribution is 2.46. The minimum absolute atomic E-state index is 0.0128. The zero-order valence-electron chi connectivity index (χ0n) is 13.0. The van der Waals surface area contributed by atoms with E-state index in [9.17, 15) is 13.6 Å². The molecule has 3 rings (SSSR count). The van der Waals surface area contributed by atoms with Gasteiger partial charge in [0.2, 0.25) is 5.91 Å². The molecule has 0 saturated carbocycles. The Hall–Kier alpha value is -2.03. The van der Waals surface area contributed by atoms with Crippen molar-refractivity contribution in [2.45, 2.75) is 57.5 Å². The van der Waals surface area contributed by atoms with Gasteiger partial charge in [0.15, 0.2) is 0 Å². The molecule has 0 N–H and O–H groups in total. The molecule has 2 aliphatic rings. The Morgan fingerprint density at radius 3 is 2.87 bits per heavy atom. The molecule has 2 saturated heterocycles. The zero-order chi connectivity index (χ0) is 16.6. The van der Waals surface area contributed by atoms with E-state index >= 15 is 0 Å². The number of halogens is 2. The molecule has 6 heteroatoms. The van der Waals surface area contributed by atoms with Crippen LogP contribution in [0.2, 0.25) is 0 Å². The number of amides is 1. The van der Waals surface area contributed by atoms with Crippen LogP contribution < -0.4 is 0 Å². The SMILES string of the molecule is C[C@@]1(C(F)F)CCCC2CCC(c3cncc(C#N)c3)N2C1=O. The van der Waals surface area contributed by atoms with Gasteiger partial charge in [0.05, 0.1) is 11.6 Å². The number of hydrogen-bond acceptors (Lipinski definition) is 3. The molecule has 2 aliphatic heterocycles. The van der Waals surface area contributed by atoms with Crippen LogP contribution in [0.15, 0.2) is 18.5 Å². The van der Waals surface area contributed by atoms with Crippen molar-refractivity contribution in [1.82, 2.24) is 9.88 Å². The summed E-state index contributed by atoms with van der Waals surface area (Å²) in [6.07, 6.45) is 3.58. The fourth-order valence-corrected chi connectivity index (χ4v) is 3.81. The summed E-state index contributed by atoms with van der Waals surface area (Å²) in [6, 6.07) is 3.49. The number of hydrogen-bond donors (Lipinski definition) is 0. The second kappa shape index (κ2) is 5.88. The average molecular weight is 319 g/mol. The summed E-state index contributed by atoms with van der Waals surface area (Å²) in [5.74, 6) is -0.458. The molecule has 0 aliphatic carbocycles. The first-order chi connectivity index (χ1) is 11.0. The highest BCUT2D eigenvalue weighted by atomic mass is 19.3. The van der Waals surface area contributed by atoms with E-state index in [0.717, 1.165) is 24.8 Å². The molecule has 122 valence electrons. The predicted octanol–water partition coefficient (Wildman–Crippen LogP) is 3.44. The summed E-state index contributed by atoms with van der Waals surface area (Å²) in [6.45, 7) is 1.38. The van der Waals surface area contributed by atoms with Gasteiger partial charge >= 0.3 is 0 Å². The van der Waals surface area contributed by atoms with E-state index in [0.29, 0.717) is 12.0 Å². The predicted molar refractivity (Wildman–Crippen MR) is 79.5 cm³/mol. The van der Waals surface area contributed by atoms with Gasteiger partial charge in [0, 0.05) is 18.4 Å². The van der Waals surface area contributed by atoms with E-state index < -0.39 is 17.7 Å². The van der Waals surface area contributed by atoms with E-state index in [2.05, 4.69) is 4.98 Å². The molecule has 3 atom stereocenters. The van der Waals surface area contributed by atoms with Crippen LogP contribution in [0, 0.1) is 16.7 Å². The summed E-state index contributed by atoms with van der Waals surface area (Å²) in [7, 11) is 0. The number of pyridine rings is 1. The average Bonchev–Trinajstić information content (AvgIpc) is 2.92. The van der Waals surface area contributed by atoms with Crippen LogP contribution in [0.25, 0.3) is 0 Å². The number of alkyl halides is 2. The Kier molecular flexibility index (Phi) is 4.05. The van der Waals surface area contributed by atoms with Crippen LogP contribution in [0.1, 0.15) is 56.2 Å². The molecule has 2 unspecified atom stereocenters. The van der Waals surface area contributed by atoms with Crippen LogP contribution in [-0.2, 0) is 4.79 Å². The molecule has 1 aromatic heterocycles. The van der Waals surface area contributed by atoms with Gasteiger partial charge < -0.3 is 4.90 Å². The van der Waals surface area contributed by atoms with Crippen molar-refractivity contribution in [3.8, 4) is 6.07 Å². The van der Waals surface area contributed by atoms with Crippen molar-refractivity contribution in [2.75, 3.05) is 0 Å². The third kappa shape index (κ3) is 2.58. The number of rotatable bonds is 2. The maximum absolute atomic E-state index is 13.5. The molecule has 0 bridgehead atoms. The van der Waals surface area contributed by atoms with Crippen molar-refractivity contribution >= 4 is 5.91 Å². The topological polar surface area (TPSA) is 57.0 Å². The fourth-order valence-electron chi connectivity index (χ4n) is 3.81. The summed E-state index contributed by atoms with van der Waals surface area (Å²) in [4.78, 5) is 18.6. The highest BCUT2D eigenvalue weighted by molar-refractivity contribution is 5.84. The number of carbonyl (C=O) groups is 1. The molecule has 4 nitrogen and oxygen atoms in total. The molecule has 0 aromatic carbocycles. The second-order valence-electron chi connectivity index (χ2n) is 6.69. The third-order valence-electron chi connectivity index (χ3n) is 5.21. The number of fused-ring (bicyclic) bond motifs is 1. The van der Waals surface area contributed by atoms with E-state index in [4.69, 9.17) is 5.26 Å². The quantitative estimate of drug-likeness (QED) is 0.839. The van der Waals surface area contributed by atoms with Gasteiger partial charge in [0.25, 0.3) is 6.43 Å². The maximum atomic E-state index is 13.5. The van der Waals surface area contributed by atoms with Gasteiger partial charge in [0.1, 0.15) is 11.5 Å². The lowest BCUT2D eigenvalue weighted by Gasteiger charge is -2.35. The van der Waals surface area contributed by atoms with E-state index in [1.54, 1.807) is 17.2 Å². The number of nitriles is 1. The van der Waals surface area contributed by atoms with Crippen LogP contribution in [0.4, 0.5) is 8.78 Å². The highest BCUT2D eigenvalue weighted by Gasteiger charge is 2.51. The lowest BCUT2D eigenvalue weighted by Crippen LogP contribution is -2.47. The monoisotopic (exact) mass is 319 g/mol. The molecule has 23 heavy (non-hydrogen) atoms. The Labute approximate surface area is 134 Å². The summed E-state index contributed by atoms with van der Waals surface area (Å²) in [5.41, 5.74) is -0.430. The molecular formula is C17H19F2N3O. The smallest absolute Gasteiger partial charge is 0.252 e. The molecule has 1 aromatic rings. The van der Waals surface area contributed by atoms with Crippen molar-refractivity contribution in [1.29, 1.82) is 5.26 Å². The first kappa shape index (κ1) is 15.9. The normalized spacial score (nSPS) is 30.9. The standard InChI is InChI=1S/C17H19F2N3O/c1-17(15(18)19)6-2-3-13-4-5-14(22(13)16(17)23)12-7-11(8-20)9-21-10-12/h7,9-10,13-15H,2-6H2,1H3/t13?,14?,17-/m0/s1. The largest absolute Gasteiger partial charge is 0.332 e. The Morgan fingerprint density at radius 1 is 1.39 bits per heavy atom.